The van der Waals surface area contributed by atoms with Crippen LogP contribution in [0.1, 0.15) is 55.8 Å². The molecule has 1 heterocycles. The van der Waals surface area contributed by atoms with Crippen LogP contribution in [0.4, 0.5) is 10.7 Å². The summed E-state index contributed by atoms with van der Waals surface area (Å²) >= 11 is 1.32. The zero-order chi connectivity index (χ0) is 15.8. The van der Waals surface area contributed by atoms with E-state index in [-0.39, 0.29) is 11.7 Å². The van der Waals surface area contributed by atoms with Gasteiger partial charge < -0.3 is 11.1 Å². The van der Waals surface area contributed by atoms with Gasteiger partial charge in [-0.15, -0.1) is 11.3 Å². The Morgan fingerprint density at radius 3 is 2.48 bits per heavy atom. The predicted molar refractivity (Wildman–Crippen MR) is 87.6 cm³/mol. The maximum Gasteiger partial charge on any atom is 0.177 e. The number of nitrogen functional groups attached to an aromatic ring is 1. The summed E-state index contributed by atoms with van der Waals surface area (Å²) in [4.78, 5) is 12.7. The number of rotatable bonds is 6. The second-order valence-electron chi connectivity index (χ2n) is 6.55. The van der Waals surface area contributed by atoms with Crippen molar-refractivity contribution in [1.82, 2.24) is 0 Å². The van der Waals surface area contributed by atoms with Crippen molar-refractivity contribution in [2.45, 2.75) is 40.5 Å². The molecule has 1 aliphatic carbocycles. The molecule has 2 rings (SSSR count). The molecule has 1 saturated carbocycles. The third-order valence-corrected chi connectivity index (χ3v) is 5.70. The standard InChI is InChI=1S/C16H23N3OS/c1-9(2)13(20)14-12(18)11(7-17)15(21-14)19-8-16(5-6-16)10(3)4/h9-10,19H,5-6,8,18H2,1-4H3. The zero-order valence-electron chi connectivity index (χ0n) is 13.1. The Kier molecular flexibility index (Phi) is 4.29. The maximum absolute atomic E-state index is 12.2. The molecule has 1 aromatic rings. The highest BCUT2D eigenvalue weighted by Crippen LogP contribution is 2.52. The van der Waals surface area contributed by atoms with Gasteiger partial charge in [0.05, 0.1) is 10.6 Å². The molecule has 0 aromatic carbocycles. The van der Waals surface area contributed by atoms with E-state index in [0.717, 1.165) is 11.5 Å². The van der Waals surface area contributed by atoms with Crippen molar-refractivity contribution in [2.75, 3.05) is 17.6 Å². The van der Waals surface area contributed by atoms with Crippen LogP contribution in [-0.4, -0.2) is 12.3 Å². The number of thiophene rings is 1. The Balaban J connectivity index is 2.22. The van der Waals surface area contributed by atoms with E-state index in [1.165, 1.54) is 24.2 Å². The van der Waals surface area contributed by atoms with Crippen LogP contribution in [0, 0.1) is 28.6 Å². The SMILES string of the molecule is CC(C)C(=O)c1sc(NCC2(C(C)C)CC2)c(C#N)c1N. The minimum atomic E-state index is -0.115. The number of nitrogens with two attached hydrogens (primary N) is 1. The van der Waals surface area contributed by atoms with Crippen molar-refractivity contribution in [1.29, 1.82) is 5.26 Å². The lowest BCUT2D eigenvalue weighted by atomic mass is 9.92. The first-order valence-corrected chi connectivity index (χ1v) is 8.24. The first kappa shape index (κ1) is 15.8. The van der Waals surface area contributed by atoms with E-state index in [0.29, 0.717) is 27.5 Å². The smallest absolute Gasteiger partial charge is 0.177 e. The Hall–Kier alpha value is -1.54. The van der Waals surface area contributed by atoms with Crippen LogP contribution in [0.3, 0.4) is 0 Å². The molecule has 4 nitrogen and oxygen atoms in total. The monoisotopic (exact) mass is 305 g/mol. The van der Waals surface area contributed by atoms with E-state index in [4.69, 9.17) is 5.73 Å². The number of nitriles is 1. The number of carbonyl (C=O) groups excluding carboxylic acids is 1. The molecule has 0 saturated heterocycles. The molecule has 0 unspecified atom stereocenters. The molecule has 1 aliphatic rings. The van der Waals surface area contributed by atoms with Crippen molar-refractivity contribution in [3.8, 4) is 6.07 Å². The summed E-state index contributed by atoms with van der Waals surface area (Å²) in [7, 11) is 0. The molecule has 5 heteroatoms. The normalized spacial score (nSPS) is 16.0. The fourth-order valence-electron chi connectivity index (χ4n) is 2.50. The average molecular weight is 305 g/mol. The Morgan fingerprint density at radius 2 is 2.05 bits per heavy atom. The number of anilines is 2. The minimum Gasteiger partial charge on any atom is -0.396 e. The van der Waals surface area contributed by atoms with Crippen LogP contribution in [0.25, 0.3) is 0 Å². The molecular formula is C16H23N3OS. The third-order valence-electron chi connectivity index (χ3n) is 4.52. The highest BCUT2D eigenvalue weighted by atomic mass is 32.1. The van der Waals surface area contributed by atoms with Crippen LogP contribution < -0.4 is 11.1 Å². The number of nitrogens with one attached hydrogen (secondary N) is 1. The van der Waals surface area contributed by atoms with Crippen molar-refractivity contribution in [3.63, 3.8) is 0 Å². The maximum atomic E-state index is 12.2. The molecule has 0 atom stereocenters. The summed E-state index contributed by atoms with van der Waals surface area (Å²) in [6.07, 6.45) is 2.44. The first-order chi connectivity index (χ1) is 9.82. The van der Waals surface area contributed by atoms with Gasteiger partial charge in [0, 0.05) is 12.5 Å². The average Bonchev–Trinajstić information content (AvgIpc) is 3.15. The van der Waals surface area contributed by atoms with Gasteiger partial charge in [-0.05, 0) is 24.2 Å². The molecule has 0 bridgehead atoms. The highest BCUT2D eigenvalue weighted by Gasteiger charge is 2.45. The predicted octanol–water partition coefficient (Wildman–Crippen LogP) is 3.89. The summed E-state index contributed by atoms with van der Waals surface area (Å²) in [5.74, 6) is 0.507. The van der Waals surface area contributed by atoms with E-state index in [2.05, 4.69) is 25.2 Å². The lowest BCUT2D eigenvalue weighted by Crippen LogP contribution is -2.20. The van der Waals surface area contributed by atoms with E-state index in [1.54, 1.807) is 0 Å². The summed E-state index contributed by atoms with van der Waals surface area (Å²) in [6, 6.07) is 2.13. The van der Waals surface area contributed by atoms with E-state index in [9.17, 15) is 10.1 Å². The molecule has 0 spiro atoms. The second-order valence-corrected chi connectivity index (χ2v) is 7.57. The van der Waals surface area contributed by atoms with Gasteiger partial charge in [0.2, 0.25) is 0 Å². The molecule has 0 amide bonds. The molecular weight excluding hydrogens is 282 g/mol. The number of nitrogens with zero attached hydrogens (tertiary/aromatic N) is 1. The van der Waals surface area contributed by atoms with Crippen molar-refractivity contribution < 1.29 is 4.79 Å². The Bertz CT molecular complexity index is 591. The van der Waals surface area contributed by atoms with Crippen LogP contribution >= 0.6 is 11.3 Å². The van der Waals surface area contributed by atoms with Gasteiger partial charge in [-0.1, -0.05) is 27.7 Å². The van der Waals surface area contributed by atoms with Crippen molar-refractivity contribution >= 4 is 27.8 Å². The van der Waals surface area contributed by atoms with Gasteiger partial charge in [0.25, 0.3) is 0 Å². The molecule has 3 N–H and O–H groups in total. The van der Waals surface area contributed by atoms with Gasteiger partial charge in [-0.3, -0.25) is 4.79 Å². The number of ketones is 1. The minimum absolute atomic E-state index is 0.00652. The Morgan fingerprint density at radius 1 is 1.43 bits per heavy atom. The zero-order valence-corrected chi connectivity index (χ0v) is 13.9. The topological polar surface area (TPSA) is 78.9 Å². The second kappa shape index (κ2) is 5.69. The van der Waals surface area contributed by atoms with Crippen molar-refractivity contribution in [2.24, 2.45) is 17.3 Å². The van der Waals surface area contributed by atoms with Crippen LogP contribution in [0.2, 0.25) is 0 Å². The van der Waals surface area contributed by atoms with E-state index < -0.39 is 0 Å². The summed E-state index contributed by atoms with van der Waals surface area (Å²) in [6.45, 7) is 9.00. The lowest BCUT2D eigenvalue weighted by molar-refractivity contribution is 0.0944. The van der Waals surface area contributed by atoms with Crippen LogP contribution in [0.15, 0.2) is 0 Å². The quantitative estimate of drug-likeness (QED) is 0.781. The van der Waals surface area contributed by atoms with Crippen LogP contribution in [-0.2, 0) is 0 Å². The Labute approximate surface area is 130 Å². The van der Waals surface area contributed by atoms with Gasteiger partial charge >= 0.3 is 0 Å². The van der Waals surface area contributed by atoms with E-state index in [1.807, 2.05) is 13.8 Å². The third kappa shape index (κ3) is 2.91. The van der Waals surface area contributed by atoms with Crippen LogP contribution in [0.5, 0.6) is 0 Å². The fourth-order valence-corrected chi connectivity index (χ4v) is 3.65. The number of hydrogen-bond acceptors (Lipinski definition) is 5. The summed E-state index contributed by atoms with van der Waals surface area (Å²) in [5.41, 5.74) is 7.09. The largest absolute Gasteiger partial charge is 0.396 e. The summed E-state index contributed by atoms with van der Waals surface area (Å²) < 4.78 is 0. The molecule has 1 fully saturated rings. The number of Topliss-reactive ketones (excluding diaryl/α,β-unsaturated/α-hetero) is 1. The van der Waals surface area contributed by atoms with Gasteiger partial charge in [-0.2, -0.15) is 5.26 Å². The number of carbonyl (C=O) groups is 1. The lowest BCUT2D eigenvalue weighted by Gasteiger charge is -2.20. The van der Waals surface area contributed by atoms with Gasteiger partial charge in [-0.25, -0.2) is 0 Å². The molecule has 21 heavy (non-hydrogen) atoms. The van der Waals surface area contributed by atoms with Crippen molar-refractivity contribution in [3.05, 3.63) is 10.4 Å². The van der Waals surface area contributed by atoms with E-state index >= 15 is 0 Å². The van der Waals surface area contributed by atoms with Gasteiger partial charge in [0.1, 0.15) is 16.6 Å². The highest BCUT2D eigenvalue weighted by molar-refractivity contribution is 7.19. The fraction of sp³-hybridized carbons (Fsp3) is 0.625. The molecule has 114 valence electrons. The van der Waals surface area contributed by atoms with Gasteiger partial charge in [0.15, 0.2) is 5.78 Å². The molecule has 0 radical (unpaired) electrons. The molecule has 1 aromatic heterocycles. The summed E-state index contributed by atoms with van der Waals surface area (Å²) in [5, 5.41) is 13.4. The number of hydrogen-bond donors (Lipinski definition) is 2. The molecule has 0 aliphatic heterocycles. The first-order valence-electron chi connectivity index (χ1n) is 7.43.